The number of halogens is 2. The summed E-state index contributed by atoms with van der Waals surface area (Å²) in [5.74, 6) is 0.104. The Morgan fingerprint density at radius 2 is 1.80 bits per heavy atom. The summed E-state index contributed by atoms with van der Waals surface area (Å²) in [5, 5.41) is 4.71. The van der Waals surface area contributed by atoms with Crippen molar-refractivity contribution in [2.75, 3.05) is 7.05 Å². The van der Waals surface area contributed by atoms with E-state index < -0.39 is 0 Å². The van der Waals surface area contributed by atoms with Gasteiger partial charge in [-0.15, -0.1) is 24.8 Å². The van der Waals surface area contributed by atoms with Crippen LogP contribution in [0.2, 0.25) is 0 Å². The second-order valence-electron chi connectivity index (χ2n) is 6.99. The Hall–Kier alpha value is -1.36. The molecule has 2 atom stereocenters. The molecule has 1 amide bonds. The molecule has 2 saturated heterocycles. The number of rotatable bonds is 2. The number of nitrogens with one attached hydrogen (secondary N) is 1. The average molecular weight is 382 g/mol. The summed E-state index contributed by atoms with van der Waals surface area (Å²) in [6.45, 7) is 2.03. The molecule has 2 aliphatic heterocycles. The fourth-order valence-electron chi connectivity index (χ4n) is 4.19. The van der Waals surface area contributed by atoms with Gasteiger partial charge in [0, 0.05) is 36.8 Å². The number of hydrogen-bond donors (Lipinski definition) is 1. The number of carbonyl (C=O) groups is 1. The number of fused-ring (bicyclic) bond motifs is 3. The van der Waals surface area contributed by atoms with E-state index in [1.54, 1.807) is 6.20 Å². The molecule has 25 heavy (non-hydrogen) atoms. The van der Waals surface area contributed by atoms with Gasteiger partial charge in [-0.2, -0.15) is 0 Å². The van der Waals surface area contributed by atoms with Gasteiger partial charge in [0.2, 0.25) is 0 Å². The van der Waals surface area contributed by atoms with Gasteiger partial charge < -0.3 is 10.2 Å². The van der Waals surface area contributed by atoms with E-state index in [4.69, 9.17) is 0 Å². The molecule has 2 bridgehead atoms. The Kier molecular flexibility index (Phi) is 6.30. The van der Waals surface area contributed by atoms with Crippen molar-refractivity contribution < 1.29 is 4.79 Å². The van der Waals surface area contributed by atoms with Crippen LogP contribution in [0, 0.1) is 6.92 Å². The number of piperidine rings is 1. The average Bonchev–Trinajstić information content (AvgIpc) is 2.92. The molecular formula is C19H25Cl2N3O. The Bertz CT molecular complexity index is 755. The van der Waals surface area contributed by atoms with E-state index in [0.717, 1.165) is 34.9 Å². The monoisotopic (exact) mass is 381 g/mol. The third-order valence-electron chi connectivity index (χ3n) is 5.59. The van der Waals surface area contributed by atoms with Gasteiger partial charge in [0.1, 0.15) is 0 Å². The van der Waals surface area contributed by atoms with Crippen molar-refractivity contribution in [1.29, 1.82) is 0 Å². The summed E-state index contributed by atoms with van der Waals surface area (Å²) < 4.78 is 0. The van der Waals surface area contributed by atoms with Gasteiger partial charge in [0.15, 0.2) is 0 Å². The second kappa shape index (κ2) is 7.90. The van der Waals surface area contributed by atoms with Crippen molar-refractivity contribution in [2.45, 2.75) is 50.7 Å². The van der Waals surface area contributed by atoms with E-state index >= 15 is 0 Å². The molecule has 1 aromatic heterocycles. The van der Waals surface area contributed by atoms with Crippen LogP contribution in [0.15, 0.2) is 30.5 Å². The summed E-state index contributed by atoms with van der Waals surface area (Å²) in [4.78, 5) is 19.4. The number of pyridine rings is 1. The summed E-state index contributed by atoms with van der Waals surface area (Å²) in [5.41, 5.74) is 2.71. The van der Waals surface area contributed by atoms with Crippen LogP contribution < -0.4 is 5.32 Å². The van der Waals surface area contributed by atoms with Gasteiger partial charge in [-0.1, -0.05) is 18.2 Å². The predicted octanol–water partition coefficient (Wildman–Crippen LogP) is 3.74. The standard InChI is InChI=1S/C19H23N3O.2ClH/c1-12-16-5-3-4-6-18(16)20-11-17(12)19(23)22(2)15-9-13-7-8-14(10-15)21-13;;/h3-6,11,13-15,21H,7-10H2,1-2H3;2*1H. The summed E-state index contributed by atoms with van der Waals surface area (Å²) in [6, 6.07) is 9.53. The van der Waals surface area contributed by atoms with Crippen LogP contribution in [0.25, 0.3) is 10.9 Å². The zero-order valence-corrected chi connectivity index (χ0v) is 16.2. The van der Waals surface area contributed by atoms with Crippen LogP contribution in [0.3, 0.4) is 0 Å². The van der Waals surface area contributed by atoms with E-state index in [1.807, 2.05) is 43.1 Å². The summed E-state index contributed by atoms with van der Waals surface area (Å²) in [6.07, 6.45) is 6.38. The minimum Gasteiger partial charge on any atom is -0.339 e. The maximum absolute atomic E-state index is 13.0. The van der Waals surface area contributed by atoms with Crippen molar-refractivity contribution in [3.8, 4) is 0 Å². The van der Waals surface area contributed by atoms with Crippen LogP contribution in [-0.4, -0.2) is 41.0 Å². The van der Waals surface area contributed by atoms with Gasteiger partial charge >= 0.3 is 0 Å². The highest BCUT2D eigenvalue weighted by Crippen LogP contribution is 2.30. The van der Waals surface area contributed by atoms with Crippen molar-refractivity contribution >= 4 is 41.6 Å². The number of benzene rings is 1. The Morgan fingerprint density at radius 3 is 2.48 bits per heavy atom. The smallest absolute Gasteiger partial charge is 0.255 e. The highest BCUT2D eigenvalue weighted by Gasteiger charge is 2.36. The number of para-hydroxylation sites is 1. The molecule has 2 aliphatic rings. The molecule has 6 heteroatoms. The first-order valence-corrected chi connectivity index (χ1v) is 8.51. The number of aromatic nitrogens is 1. The zero-order chi connectivity index (χ0) is 16.0. The predicted molar refractivity (Wildman–Crippen MR) is 106 cm³/mol. The van der Waals surface area contributed by atoms with Gasteiger partial charge in [-0.25, -0.2) is 0 Å². The highest BCUT2D eigenvalue weighted by atomic mass is 35.5. The molecule has 1 N–H and O–H groups in total. The van der Waals surface area contributed by atoms with Crippen molar-refractivity contribution in [3.05, 3.63) is 41.6 Å². The normalized spacial score (nSPS) is 24.3. The quantitative estimate of drug-likeness (QED) is 0.861. The highest BCUT2D eigenvalue weighted by molar-refractivity contribution is 6.00. The molecule has 3 heterocycles. The molecule has 2 fully saturated rings. The first-order chi connectivity index (χ1) is 11.1. The largest absolute Gasteiger partial charge is 0.339 e. The molecule has 2 unspecified atom stereocenters. The van der Waals surface area contributed by atoms with Crippen LogP contribution >= 0.6 is 24.8 Å². The number of amides is 1. The van der Waals surface area contributed by atoms with Crippen LogP contribution in [0.5, 0.6) is 0 Å². The molecule has 1 aromatic carbocycles. The van der Waals surface area contributed by atoms with Crippen molar-refractivity contribution in [2.24, 2.45) is 0 Å². The number of aryl methyl sites for hydroxylation is 1. The van der Waals surface area contributed by atoms with Gasteiger partial charge in [-0.3, -0.25) is 9.78 Å². The van der Waals surface area contributed by atoms with Gasteiger partial charge in [0.05, 0.1) is 11.1 Å². The molecular weight excluding hydrogens is 357 g/mol. The lowest BCUT2D eigenvalue weighted by Gasteiger charge is -2.35. The fourth-order valence-corrected chi connectivity index (χ4v) is 4.19. The number of carbonyl (C=O) groups excluding carboxylic acids is 1. The zero-order valence-electron chi connectivity index (χ0n) is 14.6. The molecule has 136 valence electrons. The van der Waals surface area contributed by atoms with E-state index in [-0.39, 0.29) is 30.7 Å². The first-order valence-electron chi connectivity index (χ1n) is 8.51. The molecule has 0 aliphatic carbocycles. The van der Waals surface area contributed by atoms with E-state index in [2.05, 4.69) is 10.3 Å². The molecule has 0 spiro atoms. The van der Waals surface area contributed by atoms with Crippen molar-refractivity contribution in [3.63, 3.8) is 0 Å². The number of hydrogen-bond acceptors (Lipinski definition) is 3. The van der Waals surface area contributed by atoms with E-state index in [0.29, 0.717) is 18.1 Å². The maximum Gasteiger partial charge on any atom is 0.255 e. The third-order valence-corrected chi connectivity index (χ3v) is 5.59. The molecule has 2 aromatic rings. The van der Waals surface area contributed by atoms with Crippen LogP contribution in [0.4, 0.5) is 0 Å². The lowest BCUT2D eigenvalue weighted by molar-refractivity contribution is 0.0681. The Labute approximate surface area is 161 Å². The van der Waals surface area contributed by atoms with E-state index in [9.17, 15) is 4.79 Å². The van der Waals surface area contributed by atoms with Crippen LogP contribution in [-0.2, 0) is 0 Å². The van der Waals surface area contributed by atoms with Crippen molar-refractivity contribution in [1.82, 2.24) is 15.2 Å². The SMILES string of the molecule is Cc1c(C(=O)N(C)C2CC3CCC(C2)N3)cnc2ccccc12.Cl.Cl. The lowest BCUT2D eigenvalue weighted by atomic mass is 9.97. The fraction of sp³-hybridized carbons (Fsp3) is 0.474. The first kappa shape index (κ1) is 20.0. The lowest BCUT2D eigenvalue weighted by Crippen LogP contribution is -2.48. The molecule has 0 saturated carbocycles. The maximum atomic E-state index is 13.0. The molecule has 0 radical (unpaired) electrons. The Morgan fingerprint density at radius 1 is 1.16 bits per heavy atom. The summed E-state index contributed by atoms with van der Waals surface area (Å²) >= 11 is 0. The summed E-state index contributed by atoms with van der Waals surface area (Å²) in [7, 11) is 1.95. The van der Waals surface area contributed by atoms with E-state index in [1.165, 1.54) is 12.8 Å². The molecule has 4 nitrogen and oxygen atoms in total. The number of nitrogens with zero attached hydrogens (tertiary/aromatic N) is 2. The van der Waals surface area contributed by atoms with Crippen LogP contribution in [0.1, 0.15) is 41.6 Å². The molecule has 4 rings (SSSR count). The van der Waals surface area contributed by atoms with Gasteiger partial charge in [0.25, 0.3) is 5.91 Å². The minimum absolute atomic E-state index is 0. The second-order valence-corrected chi connectivity index (χ2v) is 6.99. The topological polar surface area (TPSA) is 45.2 Å². The minimum atomic E-state index is 0. The Balaban J connectivity index is 0.00000113. The van der Waals surface area contributed by atoms with Gasteiger partial charge in [-0.05, 0) is 44.2 Å². The third kappa shape index (κ3) is 3.62.